The lowest BCUT2D eigenvalue weighted by Gasteiger charge is -2.36. The van der Waals surface area contributed by atoms with Crippen LogP contribution in [0.25, 0.3) is 0 Å². The van der Waals surface area contributed by atoms with Crippen molar-refractivity contribution in [3.63, 3.8) is 0 Å². The molecule has 1 aliphatic rings. The number of hydrogen-bond acceptors (Lipinski definition) is 7. The predicted molar refractivity (Wildman–Crippen MR) is 161 cm³/mol. The minimum atomic E-state index is -2.00. The molecule has 3 aromatic rings. The third-order valence-corrected chi connectivity index (χ3v) is 12.0. The van der Waals surface area contributed by atoms with Crippen molar-refractivity contribution in [2.75, 3.05) is 25.0 Å². The van der Waals surface area contributed by atoms with Crippen molar-refractivity contribution < 1.29 is 27.9 Å². The number of aryl methyl sites for hydroxylation is 1. The van der Waals surface area contributed by atoms with E-state index in [1.54, 1.807) is 30.2 Å². The van der Waals surface area contributed by atoms with E-state index in [-0.39, 0.29) is 45.5 Å². The second-order valence-electron chi connectivity index (χ2n) is 12.1. The van der Waals surface area contributed by atoms with Gasteiger partial charge in [-0.15, -0.1) is 0 Å². The fourth-order valence-corrected chi connectivity index (χ4v) is 4.91. The van der Waals surface area contributed by atoms with E-state index in [1.165, 1.54) is 30.5 Å². The maximum atomic E-state index is 15.0. The van der Waals surface area contributed by atoms with Crippen LogP contribution in [-0.2, 0) is 4.43 Å². The molecule has 1 atom stereocenters. The van der Waals surface area contributed by atoms with Crippen LogP contribution in [0.4, 0.5) is 10.2 Å². The van der Waals surface area contributed by atoms with Gasteiger partial charge in [-0.2, -0.15) is 0 Å². The van der Waals surface area contributed by atoms with Gasteiger partial charge in [-0.1, -0.05) is 20.8 Å². The Morgan fingerprint density at radius 1 is 1.05 bits per heavy atom. The summed E-state index contributed by atoms with van der Waals surface area (Å²) in [4.78, 5) is 35.7. The van der Waals surface area contributed by atoms with Crippen molar-refractivity contribution in [2.24, 2.45) is 0 Å². The summed E-state index contributed by atoms with van der Waals surface area (Å²) >= 11 is 0. The molecule has 11 heteroatoms. The van der Waals surface area contributed by atoms with Gasteiger partial charge < -0.3 is 24.1 Å². The van der Waals surface area contributed by atoms with E-state index in [1.807, 2.05) is 6.92 Å². The van der Waals surface area contributed by atoms with Crippen LogP contribution >= 0.6 is 0 Å². The summed E-state index contributed by atoms with van der Waals surface area (Å²) in [7, 11) is -2.00. The number of nitrogens with zero attached hydrogens (tertiary/aromatic N) is 3. The zero-order valence-corrected chi connectivity index (χ0v) is 26.3. The molecule has 9 nitrogen and oxygen atoms in total. The first-order valence-electron chi connectivity index (χ1n) is 14.0. The molecule has 0 radical (unpaired) electrons. The highest BCUT2D eigenvalue weighted by Gasteiger charge is 2.37. The fraction of sp³-hybridized carbons (Fsp3) is 0.419. The zero-order chi connectivity index (χ0) is 30.7. The lowest BCUT2D eigenvalue weighted by Crippen LogP contribution is -2.43. The monoisotopic (exact) mass is 594 g/mol. The van der Waals surface area contributed by atoms with Gasteiger partial charge in [0.1, 0.15) is 17.6 Å². The van der Waals surface area contributed by atoms with E-state index in [0.717, 1.165) is 6.42 Å². The van der Waals surface area contributed by atoms with E-state index < -0.39 is 20.0 Å². The van der Waals surface area contributed by atoms with E-state index in [9.17, 15) is 9.59 Å². The Morgan fingerprint density at radius 2 is 1.76 bits per heavy atom. The highest BCUT2D eigenvalue weighted by molar-refractivity contribution is 6.74. The molecule has 2 heterocycles. The van der Waals surface area contributed by atoms with Crippen molar-refractivity contribution >= 4 is 25.9 Å². The van der Waals surface area contributed by atoms with Gasteiger partial charge in [-0.05, 0) is 68.7 Å². The van der Waals surface area contributed by atoms with Crippen LogP contribution in [0.1, 0.15) is 60.5 Å². The maximum Gasteiger partial charge on any atom is 0.257 e. The van der Waals surface area contributed by atoms with E-state index in [4.69, 9.17) is 13.9 Å². The third-order valence-electron chi connectivity index (χ3n) is 7.54. The topological polar surface area (TPSA) is 103 Å². The van der Waals surface area contributed by atoms with Gasteiger partial charge in [0.05, 0.1) is 24.7 Å². The number of rotatable bonds is 10. The Bertz CT molecular complexity index is 1440. The van der Waals surface area contributed by atoms with Crippen LogP contribution in [0.3, 0.4) is 0 Å². The van der Waals surface area contributed by atoms with Gasteiger partial charge in [0, 0.05) is 30.3 Å². The average Bonchev–Trinajstić information content (AvgIpc) is 2.88. The molecule has 1 saturated heterocycles. The Labute approximate surface area is 247 Å². The molecule has 0 aliphatic carbocycles. The second-order valence-corrected chi connectivity index (χ2v) is 16.9. The van der Waals surface area contributed by atoms with Gasteiger partial charge >= 0.3 is 0 Å². The largest absolute Gasteiger partial charge is 0.488 e. The number of carbonyl (C=O) groups excluding carboxylic acids is 2. The normalized spacial score (nSPS) is 14.1. The molecule has 2 aromatic carbocycles. The van der Waals surface area contributed by atoms with E-state index in [0.29, 0.717) is 31.1 Å². The first-order valence-corrected chi connectivity index (χ1v) is 16.9. The number of carbonyl (C=O) groups is 2. The summed E-state index contributed by atoms with van der Waals surface area (Å²) in [6.07, 6.45) is 3.62. The minimum absolute atomic E-state index is 0.0457. The molecule has 1 fully saturated rings. The SMILES string of the molecule is Cc1cnc(NC(=O)c2cc(Oc3ccc(C(=O)N4CCC4)cc3F)cc(O[C@@H](C)CO[Si](C)(C)C(C)(C)C)c2)cn1. The summed E-state index contributed by atoms with van der Waals surface area (Å²) in [5, 5.41) is 2.76. The predicted octanol–water partition coefficient (Wildman–Crippen LogP) is 6.60. The van der Waals surface area contributed by atoms with Gasteiger partial charge in [-0.3, -0.25) is 14.6 Å². The van der Waals surface area contributed by atoms with Crippen molar-refractivity contribution in [1.29, 1.82) is 0 Å². The molecular formula is C31H39FN4O5Si. The summed E-state index contributed by atoms with van der Waals surface area (Å²) in [5.41, 5.74) is 1.19. The lowest BCUT2D eigenvalue weighted by atomic mass is 10.1. The van der Waals surface area contributed by atoms with Crippen molar-refractivity contribution in [1.82, 2.24) is 14.9 Å². The molecule has 224 valence electrons. The molecule has 0 unspecified atom stereocenters. The summed E-state index contributed by atoms with van der Waals surface area (Å²) in [5.74, 6) is -0.639. The third kappa shape index (κ3) is 7.71. The van der Waals surface area contributed by atoms with E-state index >= 15 is 4.39 Å². The number of hydrogen-bond donors (Lipinski definition) is 1. The first kappa shape index (κ1) is 31.1. The van der Waals surface area contributed by atoms with Crippen LogP contribution in [0.15, 0.2) is 48.8 Å². The summed E-state index contributed by atoms with van der Waals surface area (Å²) < 4.78 is 33.4. The van der Waals surface area contributed by atoms with Crippen LogP contribution in [-0.4, -0.2) is 60.8 Å². The highest BCUT2D eigenvalue weighted by atomic mass is 28.4. The number of anilines is 1. The molecule has 2 amide bonds. The number of likely N-dealkylation sites (tertiary alicyclic amines) is 1. The van der Waals surface area contributed by atoms with Crippen LogP contribution < -0.4 is 14.8 Å². The Balaban J connectivity index is 1.56. The quantitative estimate of drug-likeness (QED) is 0.264. The van der Waals surface area contributed by atoms with Gasteiger partial charge in [0.25, 0.3) is 11.8 Å². The van der Waals surface area contributed by atoms with Gasteiger partial charge in [0.2, 0.25) is 0 Å². The maximum absolute atomic E-state index is 15.0. The first-order chi connectivity index (χ1) is 19.7. The van der Waals surface area contributed by atoms with Crippen molar-refractivity contribution in [3.8, 4) is 17.2 Å². The Morgan fingerprint density at radius 3 is 2.36 bits per heavy atom. The number of halogens is 1. The van der Waals surface area contributed by atoms with Crippen molar-refractivity contribution in [2.45, 2.75) is 65.3 Å². The van der Waals surface area contributed by atoms with Crippen LogP contribution in [0.2, 0.25) is 18.1 Å². The Kier molecular flexibility index (Phi) is 9.32. The van der Waals surface area contributed by atoms with E-state index in [2.05, 4.69) is 49.1 Å². The molecule has 0 saturated carbocycles. The molecule has 1 N–H and O–H groups in total. The van der Waals surface area contributed by atoms with Crippen LogP contribution in [0, 0.1) is 12.7 Å². The molecule has 1 aliphatic heterocycles. The molecule has 42 heavy (non-hydrogen) atoms. The average molecular weight is 595 g/mol. The molecule has 1 aromatic heterocycles. The summed E-state index contributed by atoms with van der Waals surface area (Å²) in [6, 6.07) is 8.76. The number of aromatic nitrogens is 2. The van der Waals surface area contributed by atoms with Crippen LogP contribution in [0.5, 0.6) is 17.2 Å². The summed E-state index contributed by atoms with van der Waals surface area (Å²) in [6.45, 7) is 16.2. The standard InChI is InChI=1S/C31H39FN4O5Si/c1-20-17-34-28(18-33-20)35-29(37)23-13-24(40-21(2)19-39-42(6,7)31(3,4)5)16-25(14-23)41-27-10-9-22(15-26(27)32)30(38)36-11-8-12-36/h9-10,13-18,21H,8,11-12,19H2,1-7H3,(H,34,35,37)/t21-/m0/s1. The number of ether oxygens (including phenoxy) is 2. The number of amides is 2. The number of nitrogens with one attached hydrogen (secondary N) is 1. The second kappa shape index (κ2) is 12.6. The molecule has 4 rings (SSSR count). The molecule has 0 spiro atoms. The lowest BCUT2D eigenvalue weighted by molar-refractivity contribution is 0.0651. The Hall–Kier alpha value is -3.83. The van der Waals surface area contributed by atoms with Gasteiger partial charge in [0.15, 0.2) is 25.7 Å². The van der Waals surface area contributed by atoms with Crippen molar-refractivity contribution in [3.05, 3.63) is 71.4 Å². The fourth-order valence-electron chi connectivity index (χ4n) is 3.83. The van der Waals surface area contributed by atoms with Gasteiger partial charge in [-0.25, -0.2) is 9.37 Å². The number of benzene rings is 2. The zero-order valence-electron chi connectivity index (χ0n) is 25.3. The molecular weight excluding hydrogens is 555 g/mol. The smallest absolute Gasteiger partial charge is 0.257 e. The highest BCUT2D eigenvalue weighted by Crippen LogP contribution is 2.37. The minimum Gasteiger partial charge on any atom is -0.488 e. The molecule has 0 bridgehead atoms.